The number of halogens is 1. The molecule has 2 amide bonds. The number of piperidine rings is 1. The number of anilines is 1. The number of hydrogen-bond acceptors (Lipinski definition) is 6. The van der Waals surface area contributed by atoms with E-state index in [1.54, 1.807) is 6.20 Å². The van der Waals surface area contributed by atoms with E-state index in [0.717, 1.165) is 47.8 Å². The number of nitrogens with two attached hydrogens (primary N) is 1. The SMILES string of the molecule is COc1ccc(F)cc1C(=O)NCc1ccc(-c2nc(C3CCCN(C(=O)C(C)C)C3)c3ccnc(N)n23)cc1. The topological polar surface area (TPSA) is 115 Å². The van der Waals surface area contributed by atoms with Gasteiger partial charge in [-0.15, -0.1) is 0 Å². The summed E-state index contributed by atoms with van der Waals surface area (Å²) < 4.78 is 20.7. The Morgan fingerprint density at radius 2 is 1.95 bits per heavy atom. The number of imidazole rings is 1. The third kappa shape index (κ3) is 5.34. The molecule has 2 aromatic carbocycles. The smallest absolute Gasteiger partial charge is 0.255 e. The predicted octanol–water partition coefficient (Wildman–Crippen LogP) is 4.42. The number of hydrogen-bond donors (Lipinski definition) is 2. The molecule has 2 aromatic heterocycles. The van der Waals surface area contributed by atoms with E-state index in [9.17, 15) is 14.0 Å². The lowest BCUT2D eigenvalue weighted by molar-refractivity contribution is -0.135. The maximum absolute atomic E-state index is 13.7. The average molecular weight is 545 g/mol. The maximum atomic E-state index is 13.7. The van der Waals surface area contributed by atoms with Crippen LogP contribution in [0.15, 0.2) is 54.7 Å². The molecule has 1 saturated heterocycles. The molecule has 40 heavy (non-hydrogen) atoms. The first-order chi connectivity index (χ1) is 19.3. The molecule has 0 saturated carbocycles. The molecule has 4 aromatic rings. The van der Waals surface area contributed by atoms with E-state index in [4.69, 9.17) is 15.5 Å². The van der Waals surface area contributed by atoms with Crippen LogP contribution in [0.3, 0.4) is 0 Å². The third-order valence-electron chi connectivity index (χ3n) is 7.29. The molecule has 9 nitrogen and oxygen atoms in total. The van der Waals surface area contributed by atoms with Gasteiger partial charge in [0.2, 0.25) is 11.9 Å². The lowest BCUT2D eigenvalue weighted by Crippen LogP contribution is -2.41. The van der Waals surface area contributed by atoms with Gasteiger partial charge in [0.1, 0.15) is 17.4 Å². The van der Waals surface area contributed by atoms with E-state index in [1.165, 1.54) is 19.2 Å². The summed E-state index contributed by atoms with van der Waals surface area (Å²) in [7, 11) is 1.44. The fourth-order valence-electron chi connectivity index (χ4n) is 5.25. The Hall–Kier alpha value is -4.47. The van der Waals surface area contributed by atoms with E-state index in [0.29, 0.717) is 24.1 Å². The van der Waals surface area contributed by atoms with Gasteiger partial charge in [0.15, 0.2) is 0 Å². The fraction of sp³-hybridized carbons (Fsp3) is 0.333. The summed E-state index contributed by atoms with van der Waals surface area (Å²) in [4.78, 5) is 36.6. The number of benzene rings is 2. The van der Waals surface area contributed by atoms with Crippen molar-refractivity contribution in [2.75, 3.05) is 25.9 Å². The van der Waals surface area contributed by atoms with Crippen molar-refractivity contribution in [3.05, 3.63) is 77.4 Å². The van der Waals surface area contributed by atoms with Crippen molar-refractivity contribution in [3.8, 4) is 17.1 Å². The average Bonchev–Trinajstić information content (AvgIpc) is 3.37. The summed E-state index contributed by atoms with van der Waals surface area (Å²) in [5.74, 6) is 0.567. The van der Waals surface area contributed by atoms with Gasteiger partial charge < -0.3 is 20.7 Å². The molecule has 0 bridgehead atoms. The minimum absolute atomic E-state index is 0.0490. The number of likely N-dealkylation sites (tertiary alicyclic amines) is 1. The molecule has 1 atom stereocenters. The number of amides is 2. The molecule has 5 rings (SSSR count). The van der Waals surface area contributed by atoms with E-state index in [-0.39, 0.29) is 29.9 Å². The van der Waals surface area contributed by atoms with Gasteiger partial charge in [-0.2, -0.15) is 0 Å². The van der Waals surface area contributed by atoms with Gasteiger partial charge in [0.25, 0.3) is 5.91 Å². The van der Waals surface area contributed by atoms with E-state index in [1.807, 2.05) is 53.5 Å². The summed E-state index contributed by atoms with van der Waals surface area (Å²) in [6.07, 6.45) is 3.53. The van der Waals surface area contributed by atoms with Crippen molar-refractivity contribution in [1.29, 1.82) is 0 Å². The summed E-state index contributed by atoms with van der Waals surface area (Å²) in [5, 5.41) is 2.81. The number of rotatable bonds is 7. The van der Waals surface area contributed by atoms with Gasteiger partial charge in [0, 0.05) is 43.2 Å². The van der Waals surface area contributed by atoms with Gasteiger partial charge in [-0.1, -0.05) is 38.1 Å². The number of fused-ring (bicyclic) bond motifs is 1. The highest BCUT2D eigenvalue weighted by Gasteiger charge is 2.30. The zero-order valence-electron chi connectivity index (χ0n) is 22.9. The van der Waals surface area contributed by atoms with Gasteiger partial charge in [0.05, 0.1) is 23.9 Å². The van der Waals surface area contributed by atoms with Crippen molar-refractivity contribution >= 4 is 23.3 Å². The van der Waals surface area contributed by atoms with Crippen LogP contribution in [0.25, 0.3) is 16.9 Å². The van der Waals surface area contributed by atoms with Crippen LogP contribution in [0.4, 0.5) is 10.3 Å². The summed E-state index contributed by atoms with van der Waals surface area (Å²) in [6.45, 7) is 5.49. The second-order valence-corrected chi connectivity index (χ2v) is 10.3. The number of nitrogen functional groups attached to an aromatic ring is 1. The highest BCUT2D eigenvalue weighted by atomic mass is 19.1. The third-order valence-corrected chi connectivity index (χ3v) is 7.29. The Bertz CT molecular complexity index is 1550. The number of carbonyl (C=O) groups excluding carboxylic acids is 2. The molecular formula is C30H33FN6O3. The Morgan fingerprint density at radius 1 is 1.18 bits per heavy atom. The number of methoxy groups -OCH3 is 1. The van der Waals surface area contributed by atoms with E-state index >= 15 is 0 Å². The number of aromatic nitrogens is 3. The van der Waals surface area contributed by atoms with Crippen molar-refractivity contribution in [1.82, 2.24) is 24.6 Å². The first-order valence-electron chi connectivity index (χ1n) is 13.4. The maximum Gasteiger partial charge on any atom is 0.255 e. The largest absolute Gasteiger partial charge is 0.496 e. The van der Waals surface area contributed by atoms with Crippen LogP contribution >= 0.6 is 0 Å². The first kappa shape index (κ1) is 27.1. The molecule has 0 spiro atoms. The highest BCUT2D eigenvalue weighted by molar-refractivity contribution is 5.96. The predicted molar refractivity (Wildman–Crippen MR) is 150 cm³/mol. The molecule has 1 unspecified atom stereocenters. The molecule has 1 aliphatic rings. The standard InChI is InChI=1S/C30H33FN6O3/c1-18(2)29(39)36-14-4-5-21(17-36)26-24-12-13-33-30(32)37(24)27(35-26)20-8-6-19(7-9-20)16-34-28(38)23-15-22(31)10-11-25(23)40-3/h6-13,15,18,21H,4-5,14,16-17H2,1-3H3,(H2,32,33)(H,34,38). The molecule has 1 aliphatic heterocycles. The van der Waals surface area contributed by atoms with E-state index < -0.39 is 11.7 Å². The fourth-order valence-corrected chi connectivity index (χ4v) is 5.25. The number of carbonyl (C=O) groups is 2. The van der Waals surface area contributed by atoms with Crippen molar-refractivity contribution < 1.29 is 18.7 Å². The van der Waals surface area contributed by atoms with Gasteiger partial charge >= 0.3 is 0 Å². The van der Waals surface area contributed by atoms with Crippen molar-refractivity contribution in [2.24, 2.45) is 5.92 Å². The molecule has 0 aliphatic carbocycles. The van der Waals surface area contributed by atoms with Crippen LogP contribution in [0.5, 0.6) is 5.75 Å². The van der Waals surface area contributed by atoms with Gasteiger partial charge in [-0.3, -0.25) is 14.0 Å². The molecule has 10 heteroatoms. The zero-order chi connectivity index (χ0) is 28.4. The molecule has 3 N–H and O–H groups in total. The molecule has 3 heterocycles. The monoisotopic (exact) mass is 544 g/mol. The van der Waals surface area contributed by atoms with Crippen LogP contribution in [0.1, 0.15) is 54.2 Å². The lowest BCUT2D eigenvalue weighted by Gasteiger charge is -2.33. The van der Waals surface area contributed by atoms with Gasteiger partial charge in [-0.05, 0) is 42.7 Å². The Morgan fingerprint density at radius 3 is 2.67 bits per heavy atom. The quantitative estimate of drug-likeness (QED) is 0.356. The van der Waals surface area contributed by atoms with Crippen LogP contribution < -0.4 is 15.8 Å². The minimum Gasteiger partial charge on any atom is -0.496 e. The number of nitrogens with one attached hydrogen (secondary N) is 1. The summed E-state index contributed by atoms with van der Waals surface area (Å²) >= 11 is 0. The second kappa shape index (κ2) is 11.3. The summed E-state index contributed by atoms with van der Waals surface area (Å²) in [6, 6.07) is 13.4. The van der Waals surface area contributed by atoms with Crippen LogP contribution in [0.2, 0.25) is 0 Å². The molecule has 208 valence electrons. The Labute approximate surface area is 232 Å². The zero-order valence-corrected chi connectivity index (χ0v) is 22.9. The van der Waals surface area contributed by atoms with Crippen LogP contribution in [0, 0.1) is 11.7 Å². The van der Waals surface area contributed by atoms with Crippen LogP contribution in [-0.2, 0) is 11.3 Å². The summed E-state index contributed by atoms with van der Waals surface area (Å²) in [5.41, 5.74) is 9.94. The first-order valence-corrected chi connectivity index (χ1v) is 13.4. The molecule has 0 radical (unpaired) electrons. The van der Waals surface area contributed by atoms with Gasteiger partial charge in [-0.25, -0.2) is 14.4 Å². The second-order valence-electron chi connectivity index (χ2n) is 10.3. The van der Waals surface area contributed by atoms with Crippen molar-refractivity contribution in [3.63, 3.8) is 0 Å². The van der Waals surface area contributed by atoms with Crippen LogP contribution in [-0.4, -0.2) is 51.3 Å². The normalized spacial score (nSPS) is 15.4. The van der Waals surface area contributed by atoms with E-state index in [2.05, 4.69) is 10.3 Å². The van der Waals surface area contributed by atoms with Crippen molar-refractivity contribution in [2.45, 2.75) is 39.2 Å². The Balaban J connectivity index is 1.38. The minimum atomic E-state index is -0.511. The number of nitrogens with zero attached hydrogens (tertiary/aromatic N) is 4. The molecular weight excluding hydrogens is 511 g/mol. The highest BCUT2D eigenvalue weighted by Crippen LogP contribution is 2.34. The lowest BCUT2D eigenvalue weighted by atomic mass is 9.93. The number of ether oxygens (including phenoxy) is 1. The Kier molecular flexibility index (Phi) is 7.68. The molecule has 1 fully saturated rings.